The first kappa shape index (κ1) is 14.3. The van der Waals surface area contributed by atoms with Gasteiger partial charge in [-0.2, -0.15) is 0 Å². The highest BCUT2D eigenvalue weighted by Crippen LogP contribution is 2.33. The SMILES string of the molecule is COC(=O)C1N=C(C2=NCCS2)SC1/C=C(\C)C=O. The second-order valence-corrected chi connectivity index (χ2v) is 6.30. The van der Waals surface area contributed by atoms with Gasteiger partial charge in [0.25, 0.3) is 0 Å². The van der Waals surface area contributed by atoms with E-state index in [1.165, 1.54) is 18.9 Å². The van der Waals surface area contributed by atoms with Crippen LogP contribution in [0.5, 0.6) is 0 Å². The van der Waals surface area contributed by atoms with E-state index in [1.807, 2.05) is 0 Å². The van der Waals surface area contributed by atoms with Crippen LogP contribution >= 0.6 is 23.5 Å². The maximum absolute atomic E-state index is 11.7. The zero-order chi connectivity index (χ0) is 13.8. The molecule has 2 unspecified atom stereocenters. The largest absolute Gasteiger partial charge is 0.467 e. The van der Waals surface area contributed by atoms with Gasteiger partial charge in [-0.15, -0.1) is 11.8 Å². The van der Waals surface area contributed by atoms with E-state index in [9.17, 15) is 9.59 Å². The van der Waals surface area contributed by atoms with Gasteiger partial charge in [0.1, 0.15) is 16.4 Å². The van der Waals surface area contributed by atoms with Crippen molar-refractivity contribution in [1.29, 1.82) is 0 Å². The third-order valence-electron chi connectivity index (χ3n) is 2.64. The molecule has 0 saturated heterocycles. The fraction of sp³-hybridized carbons (Fsp3) is 0.500. The maximum atomic E-state index is 11.7. The molecule has 0 aliphatic carbocycles. The second-order valence-electron chi connectivity index (χ2n) is 4.05. The highest BCUT2D eigenvalue weighted by atomic mass is 32.2. The molecule has 0 fully saturated rings. The fourth-order valence-electron chi connectivity index (χ4n) is 1.72. The summed E-state index contributed by atoms with van der Waals surface area (Å²) in [7, 11) is 1.34. The van der Waals surface area contributed by atoms with E-state index in [0.29, 0.717) is 5.57 Å². The van der Waals surface area contributed by atoms with Crippen LogP contribution in [0.4, 0.5) is 0 Å². The molecule has 0 N–H and O–H groups in total. The summed E-state index contributed by atoms with van der Waals surface area (Å²) in [4.78, 5) is 31.2. The quantitative estimate of drug-likeness (QED) is 0.445. The molecular weight excluding hydrogens is 284 g/mol. The van der Waals surface area contributed by atoms with Crippen molar-refractivity contribution in [3.05, 3.63) is 11.6 Å². The first-order valence-corrected chi connectivity index (χ1v) is 7.65. The summed E-state index contributed by atoms with van der Waals surface area (Å²) < 4.78 is 4.77. The van der Waals surface area contributed by atoms with Gasteiger partial charge in [0.2, 0.25) is 0 Å². The van der Waals surface area contributed by atoms with Gasteiger partial charge in [-0.1, -0.05) is 17.8 Å². The topological polar surface area (TPSA) is 68.1 Å². The lowest BCUT2D eigenvalue weighted by molar-refractivity contribution is -0.141. The minimum Gasteiger partial charge on any atom is -0.467 e. The molecule has 2 heterocycles. The van der Waals surface area contributed by atoms with Crippen molar-refractivity contribution in [2.24, 2.45) is 9.98 Å². The third kappa shape index (κ3) is 3.27. The number of aliphatic imine (C=N–C) groups is 2. The molecule has 0 radical (unpaired) electrons. The number of aldehydes is 1. The van der Waals surface area contributed by atoms with Crippen molar-refractivity contribution in [3.8, 4) is 0 Å². The number of hydrogen-bond acceptors (Lipinski definition) is 7. The smallest absolute Gasteiger partial charge is 0.332 e. The molecular formula is C12H14N2O3S2. The highest BCUT2D eigenvalue weighted by molar-refractivity contribution is 8.25. The molecule has 0 aromatic carbocycles. The number of carbonyl (C=O) groups is 2. The average Bonchev–Trinajstić information content (AvgIpc) is 3.06. The van der Waals surface area contributed by atoms with Crippen LogP contribution < -0.4 is 0 Å². The van der Waals surface area contributed by atoms with Crippen LogP contribution in [-0.2, 0) is 14.3 Å². The Morgan fingerprint density at radius 1 is 1.47 bits per heavy atom. The number of thioether (sulfide) groups is 2. The molecule has 0 aromatic heterocycles. The minimum absolute atomic E-state index is 0.198. The van der Waals surface area contributed by atoms with Crippen molar-refractivity contribution < 1.29 is 14.3 Å². The number of methoxy groups -OCH3 is 1. The Balaban J connectivity index is 2.21. The zero-order valence-electron chi connectivity index (χ0n) is 10.7. The predicted octanol–water partition coefficient (Wildman–Crippen LogP) is 1.33. The van der Waals surface area contributed by atoms with Gasteiger partial charge >= 0.3 is 5.97 Å². The van der Waals surface area contributed by atoms with Gasteiger partial charge in [-0.05, 0) is 12.5 Å². The lowest BCUT2D eigenvalue weighted by Gasteiger charge is -2.11. The Bertz CT molecular complexity index is 485. The Kier molecular flexibility index (Phi) is 4.81. The lowest BCUT2D eigenvalue weighted by atomic mass is 10.1. The van der Waals surface area contributed by atoms with Crippen LogP contribution in [0.15, 0.2) is 21.6 Å². The van der Waals surface area contributed by atoms with E-state index in [-0.39, 0.29) is 11.2 Å². The van der Waals surface area contributed by atoms with E-state index >= 15 is 0 Å². The molecule has 5 nitrogen and oxygen atoms in total. The number of esters is 1. The molecule has 2 atom stereocenters. The number of hydrogen-bond donors (Lipinski definition) is 0. The summed E-state index contributed by atoms with van der Waals surface area (Å²) in [5.74, 6) is 0.567. The molecule has 2 aliphatic heterocycles. The molecule has 0 spiro atoms. The van der Waals surface area contributed by atoms with E-state index in [2.05, 4.69) is 9.98 Å². The summed E-state index contributed by atoms with van der Waals surface area (Å²) >= 11 is 3.11. The molecule has 0 bridgehead atoms. The average molecular weight is 298 g/mol. The number of carbonyl (C=O) groups excluding carboxylic acids is 2. The van der Waals surface area contributed by atoms with Crippen LogP contribution in [0.1, 0.15) is 6.92 Å². The number of ether oxygens (including phenoxy) is 1. The maximum Gasteiger partial charge on any atom is 0.332 e. The Morgan fingerprint density at radius 3 is 2.84 bits per heavy atom. The van der Waals surface area contributed by atoms with Crippen molar-refractivity contribution in [3.63, 3.8) is 0 Å². The highest BCUT2D eigenvalue weighted by Gasteiger charge is 2.37. The molecule has 19 heavy (non-hydrogen) atoms. The Hall–Kier alpha value is -1.08. The van der Waals surface area contributed by atoms with Crippen molar-refractivity contribution in [2.45, 2.75) is 18.2 Å². The molecule has 0 amide bonds. The minimum atomic E-state index is -0.594. The summed E-state index contributed by atoms with van der Waals surface area (Å²) in [5, 5.41) is 1.47. The predicted molar refractivity (Wildman–Crippen MR) is 79.2 cm³/mol. The number of allylic oxidation sites excluding steroid dienone is 1. The lowest BCUT2D eigenvalue weighted by Crippen LogP contribution is -2.27. The van der Waals surface area contributed by atoms with Crippen molar-refractivity contribution in [1.82, 2.24) is 0 Å². The molecule has 2 rings (SSSR count). The van der Waals surface area contributed by atoms with Gasteiger partial charge in [0, 0.05) is 12.3 Å². The number of nitrogens with zero attached hydrogens (tertiary/aromatic N) is 2. The van der Waals surface area contributed by atoms with Crippen LogP contribution in [0, 0.1) is 0 Å². The zero-order valence-corrected chi connectivity index (χ0v) is 12.3. The molecule has 7 heteroatoms. The number of rotatable bonds is 4. The van der Waals surface area contributed by atoms with E-state index in [0.717, 1.165) is 28.7 Å². The first-order valence-electron chi connectivity index (χ1n) is 5.79. The first-order chi connectivity index (χ1) is 9.15. The monoisotopic (exact) mass is 298 g/mol. The summed E-state index contributed by atoms with van der Waals surface area (Å²) in [6.07, 6.45) is 2.53. The third-order valence-corrected chi connectivity index (χ3v) is 4.94. The van der Waals surface area contributed by atoms with E-state index < -0.39 is 6.04 Å². The fourth-order valence-corrected chi connectivity index (χ4v) is 3.96. The van der Waals surface area contributed by atoms with Gasteiger partial charge < -0.3 is 4.74 Å². The Labute approximate surface area is 120 Å². The summed E-state index contributed by atoms with van der Waals surface area (Å²) in [6.45, 7) is 2.50. The second kappa shape index (κ2) is 6.38. The van der Waals surface area contributed by atoms with Crippen LogP contribution in [0.2, 0.25) is 0 Å². The van der Waals surface area contributed by atoms with Gasteiger partial charge in [0.05, 0.1) is 12.4 Å². The molecule has 0 saturated carbocycles. The van der Waals surface area contributed by atoms with Crippen molar-refractivity contribution >= 4 is 45.9 Å². The van der Waals surface area contributed by atoms with Crippen molar-refractivity contribution in [2.75, 3.05) is 19.4 Å². The van der Waals surface area contributed by atoms with Gasteiger partial charge in [0.15, 0.2) is 6.04 Å². The van der Waals surface area contributed by atoms with Crippen LogP contribution in [0.3, 0.4) is 0 Å². The molecule has 2 aliphatic rings. The summed E-state index contributed by atoms with van der Waals surface area (Å²) in [6, 6.07) is -0.594. The van der Waals surface area contributed by atoms with E-state index in [4.69, 9.17) is 4.74 Å². The molecule has 102 valence electrons. The van der Waals surface area contributed by atoms with Gasteiger partial charge in [-0.3, -0.25) is 14.8 Å². The molecule has 0 aromatic rings. The van der Waals surface area contributed by atoms with E-state index in [1.54, 1.807) is 24.8 Å². The van der Waals surface area contributed by atoms with Crippen LogP contribution in [0.25, 0.3) is 0 Å². The normalized spacial score (nSPS) is 26.9. The van der Waals surface area contributed by atoms with Crippen LogP contribution in [-0.4, -0.2) is 53.0 Å². The van der Waals surface area contributed by atoms with Gasteiger partial charge in [-0.25, -0.2) is 4.79 Å². The standard InChI is InChI=1S/C12H14N2O3S2/c1-7(6-15)5-8-9(12(16)17-2)14-11(19-8)10-13-3-4-18-10/h5-6,8-9H,3-4H2,1-2H3/b7-5+. The Morgan fingerprint density at radius 2 is 2.26 bits per heavy atom. The summed E-state index contributed by atoms with van der Waals surface area (Å²) in [5.41, 5.74) is 0.587.